The molecule has 6 aromatic carbocycles. The fourth-order valence-corrected chi connectivity index (χ4v) is 8.15. The van der Waals surface area contributed by atoms with E-state index in [1.54, 1.807) is 0 Å². The lowest BCUT2D eigenvalue weighted by Gasteiger charge is -2.36. The van der Waals surface area contributed by atoms with E-state index in [0.29, 0.717) is 0 Å². The summed E-state index contributed by atoms with van der Waals surface area (Å²) in [4.78, 5) is 10.3. The second kappa shape index (κ2) is 10.9. The smallest absolute Gasteiger partial charge is 0.160 e. The van der Waals surface area contributed by atoms with Crippen molar-refractivity contribution in [2.24, 2.45) is 0 Å². The Morgan fingerprint density at radius 1 is 0.413 bits per heavy atom. The van der Waals surface area contributed by atoms with Crippen molar-refractivity contribution >= 4 is 10.8 Å². The lowest BCUT2D eigenvalue weighted by Crippen LogP contribution is -2.28. The summed E-state index contributed by atoms with van der Waals surface area (Å²) >= 11 is 0. The quantitative estimate of drug-likeness (QED) is 0.204. The molecule has 0 radical (unpaired) electrons. The summed E-state index contributed by atoms with van der Waals surface area (Å²) in [6.45, 7) is 0. The fourth-order valence-electron chi connectivity index (χ4n) is 8.15. The van der Waals surface area contributed by atoms with Gasteiger partial charge in [0.25, 0.3) is 0 Å². The van der Waals surface area contributed by atoms with E-state index < -0.39 is 0 Å². The van der Waals surface area contributed by atoms with Gasteiger partial charge in [0, 0.05) is 22.1 Å². The van der Waals surface area contributed by atoms with Crippen molar-refractivity contribution in [2.75, 3.05) is 0 Å². The van der Waals surface area contributed by atoms with Crippen LogP contribution in [-0.2, 0) is 5.41 Å². The molecule has 0 atom stereocenters. The largest absolute Gasteiger partial charge is 0.228 e. The molecule has 1 spiro atoms. The average molecular weight is 591 g/mol. The second-order valence-corrected chi connectivity index (χ2v) is 12.9. The van der Waals surface area contributed by atoms with Crippen molar-refractivity contribution in [2.45, 2.75) is 37.5 Å². The van der Waals surface area contributed by atoms with Crippen molar-refractivity contribution < 1.29 is 0 Å². The van der Waals surface area contributed by atoms with Crippen LogP contribution in [-0.4, -0.2) is 9.97 Å². The number of benzene rings is 6. The normalized spacial score (nSPS) is 14.7. The average Bonchev–Trinajstić information content (AvgIpc) is 3.39. The number of rotatable bonds is 4. The van der Waals surface area contributed by atoms with Crippen LogP contribution in [0, 0.1) is 0 Å². The topological polar surface area (TPSA) is 25.8 Å². The molecule has 0 saturated heterocycles. The van der Waals surface area contributed by atoms with Gasteiger partial charge in [-0.25, -0.2) is 9.97 Å². The third kappa shape index (κ3) is 4.32. The third-order valence-corrected chi connectivity index (χ3v) is 10.3. The van der Waals surface area contributed by atoms with Gasteiger partial charge in [0.05, 0.1) is 11.4 Å². The first-order chi connectivity index (χ1) is 22.8. The molecular weight excluding hydrogens is 556 g/mol. The van der Waals surface area contributed by atoms with Crippen molar-refractivity contribution in [1.82, 2.24) is 9.97 Å². The summed E-state index contributed by atoms with van der Waals surface area (Å²) in [7, 11) is 0. The Morgan fingerprint density at radius 3 is 1.78 bits per heavy atom. The number of fused-ring (bicyclic) bond motifs is 6. The zero-order chi connectivity index (χ0) is 30.5. The molecule has 0 bridgehead atoms. The van der Waals surface area contributed by atoms with Gasteiger partial charge in [-0.15, -0.1) is 0 Å². The highest BCUT2D eigenvalue weighted by Gasteiger charge is 2.44. The molecule has 0 unspecified atom stereocenters. The number of hydrogen-bond donors (Lipinski definition) is 0. The van der Waals surface area contributed by atoms with Crippen LogP contribution in [0.2, 0.25) is 0 Å². The van der Waals surface area contributed by atoms with E-state index in [1.165, 1.54) is 76.3 Å². The molecule has 7 aromatic rings. The third-order valence-electron chi connectivity index (χ3n) is 10.3. The van der Waals surface area contributed by atoms with Gasteiger partial charge < -0.3 is 0 Å². The van der Waals surface area contributed by atoms with Gasteiger partial charge in [-0.2, -0.15) is 0 Å². The Labute approximate surface area is 270 Å². The number of aromatic nitrogens is 2. The Hall–Kier alpha value is -5.34. The van der Waals surface area contributed by atoms with Crippen LogP contribution >= 0.6 is 0 Å². The Balaban J connectivity index is 1.29. The number of hydrogen-bond acceptors (Lipinski definition) is 2. The zero-order valence-electron chi connectivity index (χ0n) is 25.8. The van der Waals surface area contributed by atoms with Gasteiger partial charge in [0.1, 0.15) is 0 Å². The van der Waals surface area contributed by atoms with Gasteiger partial charge in [-0.05, 0) is 75.2 Å². The Bertz CT molecular complexity index is 2170. The van der Waals surface area contributed by atoms with E-state index in [9.17, 15) is 0 Å². The second-order valence-electron chi connectivity index (χ2n) is 12.9. The lowest BCUT2D eigenvalue weighted by atomic mass is 9.67. The van der Waals surface area contributed by atoms with Crippen molar-refractivity contribution in [3.63, 3.8) is 0 Å². The summed E-state index contributed by atoms with van der Waals surface area (Å²) < 4.78 is 0. The molecule has 1 saturated carbocycles. The highest BCUT2D eigenvalue weighted by atomic mass is 14.9. The van der Waals surface area contributed by atoms with Crippen molar-refractivity contribution in [1.29, 1.82) is 0 Å². The molecular formula is C44H34N2. The molecule has 1 fully saturated rings. The monoisotopic (exact) mass is 590 g/mol. The molecule has 46 heavy (non-hydrogen) atoms. The summed E-state index contributed by atoms with van der Waals surface area (Å²) in [5.74, 6) is 0.739. The first kappa shape index (κ1) is 27.0. The van der Waals surface area contributed by atoms with Crippen LogP contribution in [0.15, 0.2) is 146 Å². The van der Waals surface area contributed by atoms with Crippen LogP contribution < -0.4 is 0 Å². The van der Waals surface area contributed by atoms with E-state index in [0.717, 1.165) is 33.9 Å². The Morgan fingerprint density at radius 2 is 1.02 bits per heavy atom. The minimum absolute atomic E-state index is 0.0772. The van der Waals surface area contributed by atoms with Gasteiger partial charge >= 0.3 is 0 Å². The van der Waals surface area contributed by atoms with Gasteiger partial charge in [-0.1, -0.05) is 147 Å². The van der Waals surface area contributed by atoms with Crippen molar-refractivity contribution in [3.05, 3.63) is 157 Å². The molecule has 2 aliphatic rings. The molecule has 1 aromatic heterocycles. The van der Waals surface area contributed by atoms with Crippen LogP contribution in [0.25, 0.3) is 66.9 Å². The standard InChI is InChI=1S/C44H34N2/c1-4-15-30(16-5-1)40-29-41(46-43(45-40)31-17-6-2-7-18-31)35-22-11-10-21-34(35)36-23-14-24-38-42(36)37-27-32-19-8-9-20-33(32)28-39(37)44(38)25-12-3-13-26-44/h1-2,4-11,14-24,27-29H,3,12-13,25-26H2. The minimum atomic E-state index is 0.0772. The highest BCUT2D eigenvalue weighted by Crippen LogP contribution is 2.59. The zero-order valence-corrected chi connectivity index (χ0v) is 25.8. The molecule has 220 valence electrons. The molecule has 2 heteroatoms. The predicted octanol–water partition coefficient (Wildman–Crippen LogP) is 11.5. The molecule has 2 aliphatic carbocycles. The molecule has 1 heterocycles. The van der Waals surface area contributed by atoms with Crippen LogP contribution in [0.4, 0.5) is 0 Å². The maximum atomic E-state index is 5.24. The molecule has 0 N–H and O–H groups in total. The maximum absolute atomic E-state index is 5.24. The number of nitrogens with zero attached hydrogens (tertiary/aromatic N) is 2. The highest BCUT2D eigenvalue weighted by molar-refractivity contribution is 6.01. The summed E-state index contributed by atoms with van der Waals surface area (Å²) in [5, 5.41) is 2.64. The van der Waals surface area contributed by atoms with Gasteiger partial charge in [-0.3, -0.25) is 0 Å². The Kier molecular flexibility index (Phi) is 6.41. The van der Waals surface area contributed by atoms with Gasteiger partial charge in [0.2, 0.25) is 0 Å². The van der Waals surface area contributed by atoms with E-state index in [2.05, 4.69) is 140 Å². The lowest BCUT2D eigenvalue weighted by molar-refractivity contribution is 0.353. The van der Waals surface area contributed by atoms with E-state index in [1.807, 2.05) is 6.07 Å². The fraction of sp³-hybridized carbons (Fsp3) is 0.136. The van der Waals surface area contributed by atoms with E-state index in [-0.39, 0.29) is 5.41 Å². The maximum Gasteiger partial charge on any atom is 0.160 e. The predicted molar refractivity (Wildman–Crippen MR) is 191 cm³/mol. The van der Waals surface area contributed by atoms with Crippen LogP contribution in [0.5, 0.6) is 0 Å². The summed E-state index contributed by atoms with van der Waals surface area (Å²) in [6, 6.07) is 52.6. The molecule has 2 nitrogen and oxygen atoms in total. The van der Waals surface area contributed by atoms with Crippen LogP contribution in [0.3, 0.4) is 0 Å². The van der Waals surface area contributed by atoms with E-state index >= 15 is 0 Å². The van der Waals surface area contributed by atoms with Gasteiger partial charge in [0.15, 0.2) is 5.82 Å². The SMILES string of the molecule is c1ccc(-c2cc(-c3ccccc3-c3cccc4c3-c3cc5ccccc5cc3C43CCCCC3)nc(-c3ccccc3)n2)cc1. The first-order valence-electron chi connectivity index (χ1n) is 16.6. The molecule has 0 amide bonds. The van der Waals surface area contributed by atoms with Crippen molar-refractivity contribution in [3.8, 4) is 56.2 Å². The van der Waals surface area contributed by atoms with E-state index in [4.69, 9.17) is 9.97 Å². The minimum Gasteiger partial charge on any atom is -0.228 e. The molecule has 0 aliphatic heterocycles. The van der Waals surface area contributed by atoms with Crippen LogP contribution in [0.1, 0.15) is 43.2 Å². The summed E-state index contributed by atoms with van der Waals surface area (Å²) in [5.41, 5.74) is 13.5. The summed E-state index contributed by atoms with van der Waals surface area (Å²) in [6.07, 6.45) is 6.30. The first-order valence-corrected chi connectivity index (χ1v) is 16.6. The molecule has 9 rings (SSSR count).